The van der Waals surface area contributed by atoms with Crippen molar-refractivity contribution in [1.29, 1.82) is 0 Å². The van der Waals surface area contributed by atoms with E-state index < -0.39 is 0 Å². The predicted molar refractivity (Wildman–Crippen MR) is 92.8 cm³/mol. The SMILES string of the molecule is CC(C)CN(C(=O)c1sc2cc(Br)ccc2c1N)C1CC1. The Kier molecular flexibility index (Phi) is 3.97. The van der Waals surface area contributed by atoms with Gasteiger partial charge in [0.05, 0.1) is 5.69 Å². The number of nitrogens with zero attached hydrogens (tertiary/aromatic N) is 1. The lowest BCUT2D eigenvalue weighted by Gasteiger charge is -2.24. The molecule has 5 heteroatoms. The van der Waals surface area contributed by atoms with E-state index in [4.69, 9.17) is 5.73 Å². The smallest absolute Gasteiger partial charge is 0.266 e. The minimum Gasteiger partial charge on any atom is -0.397 e. The van der Waals surface area contributed by atoms with E-state index in [0.717, 1.165) is 33.9 Å². The molecule has 1 fully saturated rings. The molecule has 112 valence electrons. The minimum absolute atomic E-state index is 0.0982. The molecule has 0 bridgehead atoms. The molecule has 1 aromatic heterocycles. The number of benzene rings is 1. The van der Waals surface area contributed by atoms with Gasteiger partial charge in [-0.05, 0) is 30.9 Å². The number of amides is 1. The van der Waals surface area contributed by atoms with Crippen LogP contribution in [0.1, 0.15) is 36.4 Å². The number of anilines is 1. The van der Waals surface area contributed by atoms with Gasteiger partial charge in [-0.2, -0.15) is 0 Å². The third kappa shape index (κ3) is 2.94. The highest BCUT2D eigenvalue weighted by molar-refractivity contribution is 9.10. The summed E-state index contributed by atoms with van der Waals surface area (Å²) in [6, 6.07) is 6.38. The summed E-state index contributed by atoms with van der Waals surface area (Å²) < 4.78 is 2.07. The second-order valence-corrected chi connectivity index (χ2v) is 8.04. The average Bonchev–Trinajstić information content (AvgIpc) is 3.20. The van der Waals surface area contributed by atoms with Crippen LogP contribution >= 0.6 is 27.3 Å². The first-order valence-electron chi connectivity index (χ1n) is 7.26. The fourth-order valence-corrected chi connectivity index (χ4v) is 4.19. The Balaban J connectivity index is 1.98. The fraction of sp³-hybridized carbons (Fsp3) is 0.438. The Labute approximate surface area is 137 Å². The Morgan fingerprint density at radius 1 is 1.48 bits per heavy atom. The van der Waals surface area contributed by atoms with E-state index in [1.165, 1.54) is 11.3 Å². The largest absolute Gasteiger partial charge is 0.397 e. The number of nitrogens with two attached hydrogens (primary N) is 1. The molecule has 0 radical (unpaired) electrons. The van der Waals surface area contributed by atoms with Gasteiger partial charge in [0, 0.05) is 27.1 Å². The minimum atomic E-state index is 0.0982. The number of nitrogen functional groups attached to an aromatic ring is 1. The summed E-state index contributed by atoms with van der Waals surface area (Å²) >= 11 is 4.97. The molecule has 21 heavy (non-hydrogen) atoms. The Hall–Kier alpha value is -1.07. The molecule has 0 saturated heterocycles. The van der Waals surface area contributed by atoms with Crippen molar-refractivity contribution in [2.75, 3.05) is 12.3 Å². The maximum absolute atomic E-state index is 12.9. The number of rotatable bonds is 4. The van der Waals surface area contributed by atoms with Crippen molar-refractivity contribution in [2.45, 2.75) is 32.7 Å². The van der Waals surface area contributed by atoms with Gasteiger partial charge in [0.2, 0.25) is 0 Å². The van der Waals surface area contributed by atoms with Crippen LogP contribution in [-0.4, -0.2) is 23.4 Å². The molecule has 1 saturated carbocycles. The lowest BCUT2D eigenvalue weighted by molar-refractivity contribution is 0.0728. The summed E-state index contributed by atoms with van der Waals surface area (Å²) in [5.41, 5.74) is 6.85. The molecule has 2 N–H and O–H groups in total. The Morgan fingerprint density at radius 3 is 2.81 bits per heavy atom. The zero-order valence-corrected chi connectivity index (χ0v) is 14.6. The first-order chi connectivity index (χ1) is 9.97. The summed E-state index contributed by atoms with van der Waals surface area (Å²) in [4.78, 5) is 15.6. The summed E-state index contributed by atoms with van der Waals surface area (Å²) in [5.74, 6) is 0.570. The van der Waals surface area contributed by atoms with Gasteiger partial charge in [0.1, 0.15) is 4.88 Å². The van der Waals surface area contributed by atoms with Crippen LogP contribution in [0.5, 0.6) is 0 Å². The van der Waals surface area contributed by atoms with Crippen molar-refractivity contribution in [2.24, 2.45) is 5.92 Å². The molecule has 0 aliphatic heterocycles. The van der Waals surface area contributed by atoms with Gasteiger partial charge in [-0.1, -0.05) is 35.8 Å². The third-order valence-corrected chi connectivity index (χ3v) is 5.34. The summed E-state index contributed by atoms with van der Waals surface area (Å²) in [5, 5.41) is 0.979. The number of carbonyl (C=O) groups is 1. The maximum atomic E-state index is 12.9. The van der Waals surface area contributed by atoms with Gasteiger partial charge in [-0.25, -0.2) is 0 Å². The second-order valence-electron chi connectivity index (χ2n) is 6.07. The third-order valence-electron chi connectivity index (χ3n) is 3.70. The van der Waals surface area contributed by atoms with Crippen LogP contribution in [0.25, 0.3) is 10.1 Å². The molecular weight excluding hydrogens is 348 g/mol. The molecule has 1 heterocycles. The van der Waals surface area contributed by atoms with Crippen LogP contribution in [0.15, 0.2) is 22.7 Å². The average molecular weight is 367 g/mol. The molecule has 0 spiro atoms. The molecule has 1 aliphatic carbocycles. The van der Waals surface area contributed by atoms with E-state index in [1.54, 1.807) is 0 Å². The molecule has 1 amide bonds. The van der Waals surface area contributed by atoms with Crippen LogP contribution in [0.3, 0.4) is 0 Å². The van der Waals surface area contributed by atoms with E-state index in [9.17, 15) is 4.79 Å². The van der Waals surface area contributed by atoms with Crippen molar-refractivity contribution in [1.82, 2.24) is 4.90 Å². The fourth-order valence-electron chi connectivity index (χ4n) is 2.56. The number of hydrogen-bond donors (Lipinski definition) is 1. The van der Waals surface area contributed by atoms with Crippen molar-refractivity contribution in [3.05, 3.63) is 27.5 Å². The van der Waals surface area contributed by atoms with E-state index in [0.29, 0.717) is 22.5 Å². The molecule has 0 unspecified atom stereocenters. The van der Waals surface area contributed by atoms with Crippen molar-refractivity contribution < 1.29 is 4.79 Å². The maximum Gasteiger partial charge on any atom is 0.266 e. The lowest BCUT2D eigenvalue weighted by atomic mass is 10.2. The van der Waals surface area contributed by atoms with E-state index >= 15 is 0 Å². The van der Waals surface area contributed by atoms with Crippen LogP contribution < -0.4 is 5.73 Å². The monoisotopic (exact) mass is 366 g/mol. The number of thiophene rings is 1. The number of halogens is 1. The highest BCUT2D eigenvalue weighted by Gasteiger charge is 2.34. The standard InChI is InChI=1S/C16H19BrN2OS/c1-9(2)8-19(11-4-5-11)16(20)15-14(18)12-6-3-10(17)7-13(12)21-15/h3,6-7,9,11H,4-5,8,18H2,1-2H3. The van der Waals surface area contributed by atoms with Crippen molar-refractivity contribution in [3.63, 3.8) is 0 Å². The van der Waals surface area contributed by atoms with Gasteiger partial charge >= 0.3 is 0 Å². The van der Waals surface area contributed by atoms with Gasteiger partial charge in [-0.15, -0.1) is 11.3 Å². The van der Waals surface area contributed by atoms with Crippen molar-refractivity contribution >= 4 is 48.9 Å². The van der Waals surface area contributed by atoms with Gasteiger partial charge in [-0.3, -0.25) is 4.79 Å². The highest BCUT2D eigenvalue weighted by Crippen LogP contribution is 2.38. The van der Waals surface area contributed by atoms with E-state index in [-0.39, 0.29) is 5.91 Å². The molecule has 0 atom stereocenters. The zero-order chi connectivity index (χ0) is 15.1. The Morgan fingerprint density at radius 2 is 2.19 bits per heavy atom. The van der Waals surface area contributed by atoms with Crippen LogP contribution in [-0.2, 0) is 0 Å². The van der Waals surface area contributed by atoms with E-state index in [2.05, 4.69) is 29.8 Å². The molecule has 1 aromatic carbocycles. The highest BCUT2D eigenvalue weighted by atomic mass is 79.9. The van der Waals surface area contributed by atoms with Crippen molar-refractivity contribution in [3.8, 4) is 0 Å². The topological polar surface area (TPSA) is 46.3 Å². The number of fused-ring (bicyclic) bond motifs is 1. The number of carbonyl (C=O) groups excluding carboxylic acids is 1. The summed E-state index contributed by atoms with van der Waals surface area (Å²) in [6.45, 7) is 5.10. The second kappa shape index (κ2) is 5.61. The van der Waals surface area contributed by atoms with Crippen LogP contribution in [0, 0.1) is 5.92 Å². The van der Waals surface area contributed by atoms with Gasteiger partial charge in [0.15, 0.2) is 0 Å². The quantitative estimate of drug-likeness (QED) is 0.865. The summed E-state index contributed by atoms with van der Waals surface area (Å²) in [6.07, 6.45) is 2.24. The zero-order valence-electron chi connectivity index (χ0n) is 12.2. The van der Waals surface area contributed by atoms with Gasteiger partial charge < -0.3 is 10.6 Å². The van der Waals surface area contributed by atoms with Crippen LogP contribution in [0.2, 0.25) is 0 Å². The molecule has 3 nitrogen and oxygen atoms in total. The molecule has 1 aliphatic rings. The normalized spacial score (nSPS) is 14.9. The molecule has 3 rings (SSSR count). The van der Waals surface area contributed by atoms with E-state index in [1.807, 2.05) is 23.1 Å². The first-order valence-corrected chi connectivity index (χ1v) is 8.87. The number of hydrogen-bond acceptors (Lipinski definition) is 3. The van der Waals surface area contributed by atoms with Gasteiger partial charge in [0.25, 0.3) is 5.91 Å². The lowest BCUT2D eigenvalue weighted by Crippen LogP contribution is -2.36. The molecule has 2 aromatic rings. The Bertz CT molecular complexity index is 691. The predicted octanol–water partition coefficient (Wildman–Crippen LogP) is 4.51. The van der Waals surface area contributed by atoms with Crippen LogP contribution in [0.4, 0.5) is 5.69 Å². The molecular formula is C16H19BrN2OS. The summed E-state index contributed by atoms with van der Waals surface area (Å²) in [7, 11) is 0. The first kappa shape index (κ1) is 14.9.